The van der Waals surface area contributed by atoms with Crippen molar-refractivity contribution in [1.29, 1.82) is 0 Å². The average Bonchev–Trinajstić information content (AvgIpc) is 3.30. The van der Waals surface area contributed by atoms with Gasteiger partial charge in [-0.25, -0.2) is 13.6 Å². The van der Waals surface area contributed by atoms with Crippen molar-refractivity contribution in [2.24, 2.45) is 11.8 Å². The Morgan fingerprint density at radius 2 is 1.32 bits per heavy atom. The summed E-state index contributed by atoms with van der Waals surface area (Å²) in [5.41, 5.74) is 2.48. The molecule has 0 saturated carbocycles. The monoisotopic (exact) mass is 547 g/mol. The molecular weight excluding hydrogens is 512 g/mol. The molecule has 1 aliphatic rings. The molecule has 2 aromatic carbocycles. The van der Waals surface area contributed by atoms with Gasteiger partial charge in [-0.1, -0.05) is 0 Å². The third-order valence-electron chi connectivity index (χ3n) is 7.30. The summed E-state index contributed by atoms with van der Waals surface area (Å²) in [6, 6.07) is 13.0. The minimum Gasteiger partial charge on any atom is -0.444 e. The zero-order valence-corrected chi connectivity index (χ0v) is 23.1. The number of halogens is 2. The highest BCUT2D eigenvalue weighted by molar-refractivity contribution is 5.91. The number of anilines is 2. The second kappa shape index (κ2) is 11.6. The van der Waals surface area contributed by atoms with E-state index < -0.39 is 5.60 Å². The molecule has 1 fully saturated rings. The number of amides is 1. The smallest absolute Gasteiger partial charge is 0.410 e. The lowest BCUT2D eigenvalue weighted by molar-refractivity contribution is 0.0283. The van der Waals surface area contributed by atoms with Crippen molar-refractivity contribution in [2.75, 3.05) is 36.8 Å². The molecule has 0 spiro atoms. The minimum absolute atomic E-state index is 0.274. The standard InChI is InChI=1S/C31H35F2N5O2/c1-31(2,3)40-30(39)38-18-20(8-12-34-26-10-14-36-28-16-22(32)4-6-24(26)28)21(19-38)9-13-35-27-11-15-37-29-17-23(33)5-7-25(27)29/h4-7,10-11,14-17,20-21H,8-9,12-13,18-19H2,1-3H3,(H,34,36)(H,35,37)/t20-,21+. The first-order valence-electron chi connectivity index (χ1n) is 13.7. The van der Waals surface area contributed by atoms with Crippen molar-refractivity contribution >= 4 is 39.3 Å². The third kappa shape index (κ3) is 6.58. The van der Waals surface area contributed by atoms with Crippen molar-refractivity contribution in [2.45, 2.75) is 39.2 Å². The second-order valence-electron chi connectivity index (χ2n) is 11.4. The summed E-state index contributed by atoms with van der Waals surface area (Å²) in [6.45, 7) is 8.28. The predicted molar refractivity (Wildman–Crippen MR) is 154 cm³/mol. The zero-order chi connectivity index (χ0) is 28.3. The zero-order valence-electron chi connectivity index (χ0n) is 23.1. The Bertz CT molecular complexity index is 1410. The number of carbonyl (C=O) groups excluding carboxylic acids is 1. The average molecular weight is 548 g/mol. The van der Waals surface area contributed by atoms with Gasteiger partial charge in [-0.2, -0.15) is 0 Å². The Labute approximate surface area is 232 Å². The van der Waals surface area contributed by atoms with Crippen LogP contribution in [0.15, 0.2) is 60.9 Å². The van der Waals surface area contributed by atoms with Crippen LogP contribution in [0.4, 0.5) is 25.0 Å². The molecule has 0 bridgehead atoms. The number of benzene rings is 2. The Hall–Kier alpha value is -4.01. The fourth-order valence-corrected chi connectivity index (χ4v) is 5.40. The maximum atomic E-state index is 13.6. The first kappa shape index (κ1) is 27.6. The van der Waals surface area contributed by atoms with Crippen molar-refractivity contribution in [1.82, 2.24) is 14.9 Å². The summed E-state index contributed by atoms with van der Waals surface area (Å²) in [4.78, 5) is 23.2. The number of nitrogens with one attached hydrogen (secondary N) is 2. The van der Waals surface area contributed by atoms with Crippen molar-refractivity contribution in [3.63, 3.8) is 0 Å². The molecule has 4 aromatic rings. The van der Waals surface area contributed by atoms with E-state index in [1.54, 1.807) is 24.5 Å². The maximum absolute atomic E-state index is 13.6. The van der Waals surface area contributed by atoms with Crippen LogP contribution in [-0.2, 0) is 4.74 Å². The van der Waals surface area contributed by atoms with Gasteiger partial charge in [-0.05, 0) is 81.8 Å². The molecule has 0 unspecified atom stereocenters. The summed E-state index contributed by atoms with van der Waals surface area (Å²) < 4.78 is 33.0. The first-order valence-corrected chi connectivity index (χ1v) is 13.7. The SMILES string of the molecule is CC(C)(C)OC(=O)N1C[C@@H](CCNc2ccnc3cc(F)ccc23)[C@@H](CCNc2ccnc3cc(F)ccc23)C1. The van der Waals surface area contributed by atoms with Crippen molar-refractivity contribution in [3.8, 4) is 0 Å². The molecule has 1 aliphatic heterocycles. The number of rotatable bonds is 8. The quantitative estimate of drug-likeness (QED) is 0.251. The summed E-state index contributed by atoms with van der Waals surface area (Å²) in [6.07, 6.45) is 4.77. The van der Waals surface area contributed by atoms with Gasteiger partial charge >= 0.3 is 6.09 Å². The van der Waals surface area contributed by atoms with Gasteiger partial charge < -0.3 is 20.3 Å². The maximum Gasteiger partial charge on any atom is 0.410 e. The molecule has 2 N–H and O–H groups in total. The van der Waals surface area contributed by atoms with Crippen LogP contribution >= 0.6 is 0 Å². The van der Waals surface area contributed by atoms with E-state index in [9.17, 15) is 13.6 Å². The molecule has 2 aromatic heterocycles. The van der Waals surface area contributed by atoms with E-state index in [2.05, 4.69) is 20.6 Å². The van der Waals surface area contributed by atoms with Crippen LogP contribution in [-0.4, -0.2) is 52.7 Å². The van der Waals surface area contributed by atoms with Crippen LogP contribution in [0.3, 0.4) is 0 Å². The molecule has 3 heterocycles. The van der Waals surface area contributed by atoms with E-state index in [1.807, 2.05) is 37.8 Å². The fourth-order valence-electron chi connectivity index (χ4n) is 5.40. The molecule has 1 amide bonds. The van der Waals surface area contributed by atoms with E-state index in [0.717, 1.165) is 35.0 Å². The van der Waals surface area contributed by atoms with Gasteiger partial charge in [0.05, 0.1) is 11.0 Å². The Morgan fingerprint density at radius 3 is 1.77 bits per heavy atom. The molecule has 0 radical (unpaired) electrons. The lowest BCUT2D eigenvalue weighted by Crippen LogP contribution is -2.35. The molecule has 210 valence electrons. The Balaban J connectivity index is 1.24. The highest BCUT2D eigenvalue weighted by atomic mass is 19.1. The molecule has 40 heavy (non-hydrogen) atoms. The number of pyridine rings is 2. The van der Waals surface area contributed by atoms with Gasteiger partial charge in [0, 0.05) is 72.9 Å². The van der Waals surface area contributed by atoms with E-state index in [0.29, 0.717) is 37.2 Å². The van der Waals surface area contributed by atoms with Crippen LogP contribution in [0.1, 0.15) is 33.6 Å². The van der Waals surface area contributed by atoms with Gasteiger partial charge in [0.2, 0.25) is 0 Å². The van der Waals surface area contributed by atoms with Crippen LogP contribution in [0, 0.1) is 23.5 Å². The van der Waals surface area contributed by atoms with Gasteiger partial charge in [0.15, 0.2) is 0 Å². The highest BCUT2D eigenvalue weighted by Crippen LogP contribution is 2.31. The molecule has 5 rings (SSSR count). The normalized spacial score (nSPS) is 17.4. The van der Waals surface area contributed by atoms with Crippen LogP contribution in [0.2, 0.25) is 0 Å². The molecular formula is C31H35F2N5O2. The fraction of sp³-hybridized carbons (Fsp3) is 0.387. The first-order chi connectivity index (χ1) is 19.2. The van der Waals surface area contributed by atoms with Crippen molar-refractivity contribution in [3.05, 3.63) is 72.6 Å². The number of likely N-dealkylation sites (tertiary alicyclic amines) is 1. The van der Waals surface area contributed by atoms with Crippen LogP contribution in [0.5, 0.6) is 0 Å². The van der Waals surface area contributed by atoms with E-state index in [4.69, 9.17) is 4.74 Å². The second-order valence-corrected chi connectivity index (χ2v) is 11.4. The van der Waals surface area contributed by atoms with Crippen LogP contribution < -0.4 is 10.6 Å². The predicted octanol–water partition coefficient (Wildman–Crippen LogP) is 6.85. The molecule has 0 aliphatic carbocycles. The summed E-state index contributed by atoms with van der Waals surface area (Å²) in [5, 5.41) is 8.73. The minimum atomic E-state index is -0.558. The van der Waals surface area contributed by atoms with Crippen LogP contribution in [0.25, 0.3) is 21.8 Å². The highest BCUT2D eigenvalue weighted by Gasteiger charge is 2.36. The number of fused-ring (bicyclic) bond motifs is 2. The van der Waals surface area contributed by atoms with Gasteiger partial charge in [0.25, 0.3) is 0 Å². The summed E-state index contributed by atoms with van der Waals surface area (Å²) in [7, 11) is 0. The number of nitrogens with zero attached hydrogens (tertiary/aromatic N) is 3. The van der Waals surface area contributed by atoms with Gasteiger partial charge in [-0.15, -0.1) is 0 Å². The van der Waals surface area contributed by atoms with E-state index in [1.165, 1.54) is 24.3 Å². The largest absolute Gasteiger partial charge is 0.444 e. The topological polar surface area (TPSA) is 79.4 Å². The lowest BCUT2D eigenvalue weighted by atomic mass is 9.90. The Kier molecular flexibility index (Phi) is 8.00. The Morgan fingerprint density at radius 1 is 0.850 bits per heavy atom. The number of hydrogen-bond donors (Lipinski definition) is 2. The molecule has 7 nitrogen and oxygen atoms in total. The summed E-state index contributed by atoms with van der Waals surface area (Å²) >= 11 is 0. The molecule has 2 atom stereocenters. The lowest BCUT2D eigenvalue weighted by Gasteiger charge is -2.24. The van der Waals surface area contributed by atoms with E-state index in [-0.39, 0.29) is 29.6 Å². The molecule has 9 heteroatoms. The number of hydrogen-bond acceptors (Lipinski definition) is 6. The van der Waals surface area contributed by atoms with Crippen molar-refractivity contribution < 1.29 is 18.3 Å². The summed E-state index contributed by atoms with van der Waals surface area (Å²) in [5.74, 6) is -0.0753. The number of aromatic nitrogens is 2. The third-order valence-corrected chi connectivity index (χ3v) is 7.30. The van der Waals surface area contributed by atoms with E-state index >= 15 is 0 Å². The molecule has 1 saturated heterocycles. The number of carbonyl (C=O) groups is 1. The number of ether oxygens (including phenoxy) is 1. The van der Waals surface area contributed by atoms with Gasteiger partial charge in [0.1, 0.15) is 17.2 Å². The van der Waals surface area contributed by atoms with Gasteiger partial charge in [-0.3, -0.25) is 9.97 Å².